The second-order valence-corrected chi connectivity index (χ2v) is 8.93. The highest BCUT2D eigenvalue weighted by atomic mass is 16.6. The van der Waals surface area contributed by atoms with Crippen molar-refractivity contribution in [1.82, 2.24) is 0 Å². The fourth-order valence-corrected chi connectivity index (χ4v) is 4.73. The van der Waals surface area contributed by atoms with Crippen LogP contribution in [0, 0.1) is 11.3 Å². The third kappa shape index (κ3) is 8.57. The average Bonchev–Trinajstić information content (AvgIpc) is 2.81. The second kappa shape index (κ2) is 15.0. The fourth-order valence-electron chi connectivity index (χ4n) is 4.73. The first kappa shape index (κ1) is 26.4. The van der Waals surface area contributed by atoms with Gasteiger partial charge < -0.3 is 14.2 Å². The molecule has 0 spiro atoms. The molecule has 1 aliphatic rings. The summed E-state index contributed by atoms with van der Waals surface area (Å²) in [6.45, 7) is 5.51. The van der Waals surface area contributed by atoms with E-state index in [1.54, 1.807) is 13.8 Å². The molecule has 5 heteroatoms. The third-order valence-corrected chi connectivity index (χ3v) is 6.45. The lowest BCUT2D eigenvalue weighted by Gasteiger charge is -2.34. The molecule has 0 saturated heterocycles. The van der Waals surface area contributed by atoms with Crippen molar-refractivity contribution >= 4 is 11.9 Å². The summed E-state index contributed by atoms with van der Waals surface area (Å²) in [7, 11) is 0. The van der Waals surface area contributed by atoms with Crippen LogP contribution in [0.3, 0.4) is 0 Å². The minimum Gasteiger partial charge on any atom is -0.465 e. The first-order valence-corrected chi connectivity index (χ1v) is 12.6. The van der Waals surface area contributed by atoms with E-state index in [4.69, 9.17) is 14.2 Å². The fraction of sp³-hybridized carbons (Fsp3) is 0.704. The molecular weight excluding hydrogens is 404 g/mol. The number of carbonyl (C=O) groups excluding carboxylic acids is 2. The standard InChI is InChI=1S/C27H42O5/c1-3-31-25(28)27(26(29)32-4-2,21-23-15-9-7-10-16-23)19-13-5-6-14-20-30-22-24-17-11-8-12-18-24/h8,11-12,17-18,23H,3-7,9-10,13-16,19-22H2,1-2H3. The van der Waals surface area contributed by atoms with Crippen molar-refractivity contribution < 1.29 is 23.8 Å². The molecule has 0 aromatic heterocycles. The van der Waals surface area contributed by atoms with E-state index in [0.717, 1.165) is 45.1 Å². The van der Waals surface area contributed by atoms with Crippen molar-refractivity contribution in [3.63, 3.8) is 0 Å². The maximum Gasteiger partial charge on any atom is 0.323 e. The van der Waals surface area contributed by atoms with Crippen molar-refractivity contribution in [3.8, 4) is 0 Å². The summed E-state index contributed by atoms with van der Waals surface area (Å²) in [6, 6.07) is 10.2. The Morgan fingerprint density at radius 3 is 2.12 bits per heavy atom. The number of benzene rings is 1. The van der Waals surface area contributed by atoms with E-state index in [2.05, 4.69) is 12.1 Å². The summed E-state index contributed by atoms with van der Waals surface area (Å²) in [5.41, 5.74) is 0.0292. The molecule has 0 amide bonds. The molecule has 5 nitrogen and oxygen atoms in total. The number of hydrogen-bond donors (Lipinski definition) is 0. The Balaban J connectivity index is 1.85. The van der Waals surface area contributed by atoms with Gasteiger partial charge in [0.2, 0.25) is 0 Å². The molecule has 1 fully saturated rings. The highest BCUT2D eigenvalue weighted by molar-refractivity contribution is 6.00. The monoisotopic (exact) mass is 446 g/mol. The molecule has 0 unspecified atom stereocenters. The smallest absolute Gasteiger partial charge is 0.323 e. The largest absolute Gasteiger partial charge is 0.465 e. The van der Waals surface area contributed by atoms with Gasteiger partial charge in [-0.15, -0.1) is 0 Å². The van der Waals surface area contributed by atoms with E-state index in [0.29, 0.717) is 25.4 Å². The van der Waals surface area contributed by atoms with Crippen LogP contribution in [0.5, 0.6) is 0 Å². The molecule has 1 aliphatic carbocycles. The molecular formula is C27H42O5. The van der Waals surface area contributed by atoms with Crippen molar-refractivity contribution in [1.29, 1.82) is 0 Å². The molecule has 0 bridgehead atoms. The minimum absolute atomic E-state index is 0.281. The number of esters is 2. The van der Waals surface area contributed by atoms with E-state index in [-0.39, 0.29) is 13.2 Å². The molecule has 180 valence electrons. The van der Waals surface area contributed by atoms with Gasteiger partial charge in [0.1, 0.15) is 0 Å². The van der Waals surface area contributed by atoms with E-state index in [1.165, 1.54) is 24.8 Å². The van der Waals surface area contributed by atoms with Crippen molar-refractivity contribution in [2.24, 2.45) is 11.3 Å². The van der Waals surface area contributed by atoms with Crippen molar-refractivity contribution in [2.75, 3.05) is 19.8 Å². The summed E-state index contributed by atoms with van der Waals surface area (Å²) in [5, 5.41) is 0. The Morgan fingerprint density at radius 2 is 1.50 bits per heavy atom. The summed E-state index contributed by atoms with van der Waals surface area (Å²) < 4.78 is 16.6. The molecule has 32 heavy (non-hydrogen) atoms. The lowest BCUT2D eigenvalue weighted by Crippen LogP contribution is -2.44. The van der Waals surface area contributed by atoms with Gasteiger partial charge in [0.25, 0.3) is 0 Å². The van der Waals surface area contributed by atoms with Crippen LogP contribution in [-0.2, 0) is 30.4 Å². The van der Waals surface area contributed by atoms with Crippen molar-refractivity contribution in [2.45, 2.75) is 91.1 Å². The van der Waals surface area contributed by atoms with E-state index in [1.807, 2.05) is 18.2 Å². The first-order chi connectivity index (χ1) is 15.6. The molecule has 0 N–H and O–H groups in total. The van der Waals surface area contributed by atoms with E-state index < -0.39 is 17.4 Å². The molecule has 0 atom stereocenters. The number of carbonyl (C=O) groups is 2. The Kier molecular flexibility index (Phi) is 12.4. The number of hydrogen-bond acceptors (Lipinski definition) is 5. The highest BCUT2D eigenvalue weighted by Gasteiger charge is 2.49. The summed E-state index contributed by atoms with van der Waals surface area (Å²) >= 11 is 0. The van der Waals surface area contributed by atoms with Crippen LogP contribution in [0.2, 0.25) is 0 Å². The lowest BCUT2D eigenvalue weighted by atomic mass is 9.71. The van der Waals surface area contributed by atoms with Gasteiger partial charge in [-0.05, 0) is 44.6 Å². The number of ether oxygens (including phenoxy) is 3. The van der Waals surface area contributed by atoms with Crippen LogP contribution in [0.25, 0.3) is 0 Å². The van der Waals surface area contributed by atoms with Gasteiger partial charge in [0.05, 0.1) is 19.8 Å². The molecule has 0 heterocycles. The number of unbranched alkanes of at least 4 members (excludes halogenated alkanes) is 3. The summed E-state index contributed by atoms with van der Waals surface area (Å²) in [6.07, 6.45) is 10.6. The Hall–Kier alpha value is -1.88. The predicted molar refractivity (Wildman–Crippen MR) is 126 cm³/mol. The van der Waals surface area contributed by atoms with Gasteiger partial charge in [-0.2, -0.15) is 0 Å². The maximum absolute atomic E-state index is 13.1. The zero-order chi connectivity index (χ0) is 23.1. The number of rotatable bonds is 15. The van der Waals surface area contributed by atoms with Gasteiger partial charge in [-0.3, -0.25) is 9.59 Å². The van der Waals surface area contributed by atoms with Gasteiger partial charge >= 0.3 is 11.9 Å². The van der Waals surface area contributed by atoms with E-state index in [9.17, 15) is 9.59 Å². The first-order valence-electron chi connectivity index (χ1n) is 12.6. The Labute approximate surface area is 194 Å². The van der Waals surface area contributed by atoms with Crippen LogP contribution < -0.4 is 0 Å². The second-order valence-electron chi connectivity index (χ2n) is 8.93. The quantitative estimate of drug-likeness (QED) is 0.181. The normalized spacial score (nSPS) is 14.8. The lowest BCUT2D eigenvalue weighted by molar-refractivity contribution is -0.174. The predicted octanol–water partition coefficient (Wildman–Crippen LogP) is 6.24. The minimum atomic E-state index is -1.15. The molecule has 1 aromatic rings. The van der Waals surface area contributed by atoms with Crippen LogP contribution >= 0.6 is 0 Å². The van der Waals surface area contributed by atoms with Crippen LogP contribution in [-0.4, -0.2) is 31.8 Å². The third-order valence-electron chi connectivity index (χ3n) is 6.45. The van der Waals surface area contributed by atoms with Gasteiger partial charge in [0, 0.05) is 6.61 Å². The molecule has 1 saturated carbocycles. The molecule has 1 aromatic carbocycles. The summed E-state index contributed by atoms with van der Waals surface area (Å²) in [4.78, 5) is 26.1. The maximum atomic E-state index is 13.1. The Morgan fingerprint density at radius 1 is 0.875 bits per heavy atom. The van der Waals surface area contributed by atoms with Gasteiger partial charge in [0.15, 0.2) is 5.41 Å². The SMILES string of the molecule is CCOC(=O)C(CCCCCCOCc1ccccc1)(CC1CCCCC1)C(=O)OCC. The molecule has 0 aliphatic heterocycles. The topological polar surface area (TPSA) is 61.8 Å². The van der Waals surface area contributed by atoms with E-state index >= 15 is 0 Å². The summed E-state index contributed by atoms with van der Waals surface area (Å²) in [5.74, 6) is -0.394. The Bertz CT molecular complexity index is 633. The zero-order valence-corrected chi connectivity index (χ0v) is 20.1. The zero-order valence-electron chi connectivity index (χ0n) is 20.1. The van der Waals surface area contributed by atoms with Crippen LogP contribution in [0.1, 0.15) is 90.0 Å². The van der Waals surface area contributed by atoms with Crippen LogP contribution in [0.4, 0.5) is 0 Å². The molecule has 2 rings (SSSR count). The average molecular weight is 447 g/mol. The van der Waals surface area contributed by atoms with Crippen molar-refractivity contribution in [3.05, 3.63) is 35.9 Å². The van der Waals surface area contributed by atoms with Gasteiger partial charge in [-0.1, -0.05) is 81.7 Å². The van der Waals surface area contributed by atoms with Gasteiger partial charge in [-0.25, -0.2) is 0 Å². The van der Waals surface area contributed by atoms with Crippen LogP contribution in [0.15, 0.2) is 30.3 Å². The highest BCUT2D eigenvalue weighted by Crippen LogP contribution is 2.40. The molecule has 0 radical (unpaired) electrons.